The Labute approximate surface area is 156 Å². The van der Waals surface area contributed by atoms with E-state index in [1.54, 1.807) is 12.1 Å². The van der Waals surface area contributed by atoms with Crippen molar-refractivity contribution in [3.05, 3.63) is 41.7 Å². The zero-order valence-electron chi connectivity index (χ0n) is 16.8. The maximum atomic E-state index is 13.2. The van der Waals surface area contributed by atoms with Gasteiger partial charge in [-0.15, -0.1) is 10.2 Å². The van der Waals surface area contributed by atoms with Crippen LogP contribution in [0.15, 0.2) is 30.3 Å². The van der Waals surface area contributed by atoms with Gasteiger partial charge in [-0.2, -0.15) is 0 Å². The van der Waals surface area contributed by atoms with E-state index in [1.807, 2.05) is 0 Å². The SMILES string of the molecule is CCN(CC)C(C)(C)CNc1cc(C(C)C)c(-c2ccc(F)cc2)nn1. The molecule has 0 amide bonds. The molecular weight excluding hydrogens is 327 g/mol. The summed E-state index contributed by atoms with van der Waals surface area (Å²) in [5, 5.41) is 12.2. The van der Waals surface area contributed by atoms with Gasteiger partial charge in [0.1, 0.15) is 11.6 Å². The van der Waals surface area contributed by atoms with E-state index in [0.717, 1.165) is 42.3 Å². The third kappa shape index (κ3) is 4.79. The van der Waals surface area contributed by atoms with E-state index in [9.17, 15) is 4.39 Å². The Morgan fingerprint density at radius 1 is 1.08 bits per heavy atom. The van der Waals surface area contributed by atoms with Gasteiger partial charge in [0, 0.05) is 17.6 Å². The predicted molar refractivity (Wildman–Crippen MR) is 107 cm³/mol. The van der Waals surface area contributed by atoms with Crippen molar-refractivity contribution in [2.24, 2.45) is 0 Å². The molecule has 2 rings (SSSR count). The zero-order chi connectivity index (χ0) is 19.3. The van der Waals surface area contributed by atoms with Crippen LogP contribution in [0.1, 0.15) is 53.0 Å². The highest BCUT2D eigenvalue weighted by Gasteiger charge is 2.24. The lowest BCUT2D eigenvalue weighted by atomic mass is 9.97. The quantitative estimate of drug-likeness (QED) is 0.726. The highest BCUT2D eigenvalue weighted by Crippen LogP contribution is 2.28. The number of hydrogen-bond acceptors (Lipinski definition) is 4. The van der Waals surface area contributed by atoms with E-state index in [2.05, 4.69) is 68.0 Å². The van der Waals surface area contributed by atoms with Crippen molar-refractivity contribution >= 4 is 5.82 Å². The van der Waals surface area contributed by atoms with Gasteiger partial charge in [0.05, 0.1) is 5.69 Å². The molecule has 0 spiro atoms. The summed E-state index contributed by atoms with van der Waals surface area (Å²) in [5.74, 6) is 0.825. The van der Waals surface area contributed by atoms with E-state index >= 15 is 0 Å². The fraction of sp³-hybridized carbons (Fsp3) is 0.524. The molecule has 4 nitrogen and oxygen atoms in total. The van der Waals surface area contributed by atoms with Crippen LogP contribution in [-0.2, 0) is 0 Å². The highest BCUT2D eigenvalue weighted by atomic mass is 19.1. The molecule has 0 saturated carbocycles. The van der Waals surface area contributed by atoms with Crippen molar-refractivity contribution in [1.82, 2.24) is 15.1 Å². The summed E-state index contributed by atoms with van der Waals surface area (Å²) < 4.78 is 13.2. The molecule has 0 fully saturated rings. The Hall–Kier alpha value is -2.01. The largest absolute Gasteiger partial charge is 0.367 e. The molecule has 0 atom stereocenters. The Morgan fingerprint density at radius 3 is 2.23 bits per heavy atom. The minimum Gasteiger partial charge on any atom is -0.367 e. The Balaban J connectivity index is 2.24. The van der Waals surface area contributed by atoms with Crippen molar-refractivity contribution < 1.29 is 4.39 Å². The number of nitrogens with zero attached hydrogens (tertiary/aromatic N) is 3. The van der Waals surface area contributed by atoms with Crippen molar-refractivity contribution in [2.45, 2.75) is 53.0 Å². The molecule has 1 N–H and O–H groups in total. The van der Waals surface area contributed by atoms with Crippen LogP contribution in [0.4, 0.5) is 10.2 Å². The number of aromatic nitrogens is 2. The Morgan fingerprint density at radius 2 is 1.69 bits per heavy atom. The monoisotopic (exact) mass is 358 g/mol. The minimum absolute atomic E-state index is 0.0266. The minimum atomic E-state index is -0.246. The van der Waals surface area contributed by atoms with Gasteiger partial charge in [0.25, 0.3) is 0 Å². The molecule has 0 saturated heterocycles. The summed E-state index contributed by atoms with van der Waals surface area (Å²) in [6.07, 6.45) is 0. The lowest BCUT2D eigenvalue weighted by Gasteiger charge is -2.37. The summed E-state index contributed by atoms with van der Waals surface area (Å²) in [6, 6.07) is 8.48. The van der Waals surface area contributed by atoms with Crippen LogP contribution in [-0.4, -0.2) is 40.3 Å². The molecule has 1 aromatic carbocycles. The fourth-order valence-corrected chi connectivity index (χ4v) is 3.26. The maximum Gasteiger partial charge on any atom is 0.149 e. The fourth-order valence-electron chi connectivity index (χ4n) is 3.26. The van der Waals surface area contributed by atoms with E-state index in [4.69, 9.17) is 0 Å². The second-order valence-corrected chi connectivity index (χ2v) is 7.53. The smallest absolute Gasteiger partial charge is 0.149 e. The summed E-state index contributed by atoms with van der Waals surface area (Å²) in [5.41, 5.74) is 2.83. The van der Waals surface area contributed by atoms with Gasteiger partial charge in [0.2, 0.25) is 0 Å². The van der Waals surface area contributed by atoms with Crippen LogP contribution in [0, 0.1) is 5.82 Å². The second-order valence-electron chi connectivity index (χ2n) is 7.53. The van der Waals surface area contributed by atoms with Gasteiger partial charge < -0.3 is 5.32 Å². The van der Waals surface area contributed by atoms with Crippen LogP contribution in [0.2, 0.25) is 0 Å². The third-order valence-electron chi connectivity index (χ3n) is 4.88. The molecule has 26 heavy (non-hydrogen) atoms. The van der Waals surface area contributed by atoms with Crippen molar-refractivity contribution in [1.29, 1.82) is 0 Å². The molecule has 1 aromatic heterocycles. The van der Waals surface area contributed by atoms with E-state index < -0.39 is 0 Å². The molecule has 1 heterocycles. The number of halogens is 1. The van der Waals surface area contributed by atoms with Crippen LogP contribution >= 0.6 is 0 Å². The van der Waals surface area contributed by atoms with E-state index in [-0.39, 0.29) is 11.4 Å². The van der Waals surface area contributed by atoms with Crippen LogP contribution in [0.25, 0.3) is 11.3 Å². The topological polar surface area (TPSA) is 41.0 Å². The van der Waals surface area contributed by atoms with Crippen molar-refractivity contribution in [3.8, 4) is 11.3 Å². The summed E-state index contributed by atoms with van der Waals surface area (Å²) in [7, 11) is 0. The number of nitrogens with one attached hydrogen (secondary N) is 1. The Bertz CT molecular complexity index is 706. The van der Waals surface area contributed by atoms with Gasteiger partial charge in [0.15, 0.2) is 0 Å². The zero-order valence-corrected chi connectivity index (χ0v) is 16.8. The number of hydrogen-bond donors (Lipinski definition) is 1. The standard InChI is InChI=1S/C21H31FN4/c1-7-26(8-2)21(5,6)14-23-19-13-18(15(3)4)20(25-24-19)16-9-11-17(22)12-10-16/h9-13,15H,7-8,14H2,1-6H3,(H,23,24). The van der Waals surface area contributed by atoms with Crippen molar-refractivity contribution in [3.63, 3.8) is 0 Å². The molecule has 5 heteroatoms. The highest BCUT2D eigenvalue weighted by molar-refractivity contribution is 5.64. The lowest BCUT2D eigenvalue weighted by molar-refractivity contribution is 0.147. The predicted octanol–water partition coefficient (Wildman–Crippen LogP) is 4.94. The van der Waals surface area contributed by atoms with Crippen LogP contribution in [0.3, 0.4) is 0 Å². The first kappa shape index (κ1) is 20.3. The third-order valence-corrected chi connectivity index (χ3v) is 4.88. The van der Waals surface area contributed by atoms with Gasteiger partial charge in [-0.1, -0.05) is 27.7 Å². The van der Waals surface area contributed by atoms with E-state index in [0.29, 0.717) is 5.92 Å². The van der Waals surface area contributed by atoms with E-state index in [1.165, 1.54) is 12.1 Å². The van der Waals surface area contributed by atoms with Crippen molar-refractivity contribution in [2.75, 3.05) is 25.0 Å². The number of likely N-dealkylation sites (N-methyl/N-ethyl adjacent to an activating group) is 1. The summed E-state index contributed by atoms with van der Waals surface area (Å²) >= 11 is 0. The first-order chi connectivity index (χ1) is 12.3. The van der Waals surface area contributed by atoms with Gasteiger partial charge in [-0.05, 0) is 68.8 Å². The normalized spacial score (nSPS) is 12.0. The molecule has 0 aliphatic carbocycles. The summed E-state index contributed by atoms with van der Waals surface area (Å²) in [6.45, 7) is 15.9. The molecular formula is C21H31FN4. The molecule has 0 unspecified atom stereocenters. The first-order valence-corrected chi connectivity index (χ1v) is 9.41. The van der Waals surface area contributed by atoms with Gasteiger partial charge in [-0.3, -0.25) is 4.90 Å². The maximum absolute atomic E-state index is 13.2. The molecule has 2 aromatic rings. The molecule has 142 valence electrons. The molecule has 0 aliphatic heterocycles. The van der Waals surface area contributed by atoms with Crippen LogP contribution in [0.5, 0.6) is 0 Å². The average Bonchev–Trinajstić information content (AvgIpc) is 2.61. The summed E-state index contributed by atoms with van der Waals surface area (Å²) in [4.78, 5) is 2.42. The number of benzene rings is 1. The first-order valence-electron chi connectivity index (χ1n) is 9.41. The van der Waals surface area contributed by atoms with Gasteiger partial charge in [-0.25, -0.2) is 4.39 Å². The number of anilines is 1. The molecule has 0 radical (unpaired) electrons. The second kappa shape index (κ2) is 8.58. The van der Waals surface area contributed by atoms with Crippen LogP contribution < -0.4 is 5.32 Å². The molecule has 0 aliphatic rings. The average molecular weight is 359 g/mol. The Kier molecular flexibility index (Phi) is 6.70. The van der Waals surface area contributed by atoms with Gasteiger partial charge >= 0.3 is 0 Å². The number of rotatable bonds is 8. The lowest BCUT2D eigenvalue weighted by Crippen LogP contribution is -2.48. The molecule has 0 bridgehead atoms.